The van der Waals surface area contributed by atoms with E-state index in [2.05, 4.69) is 65.6 Å². The molecular weight excluding hydrogens is 558 g/mol. The van der Waals surface area contributed by atoms with E-state index in [1.54, 1.807) is 12.1 Å². The predicted molar refractivity (Wildman–Crippen MR) is 169 cm³/mol. The van der Waals surface area contributed by atoms with E-state index in [0.29, 0.717) is 23.6 Å². The molecule has 10 heteroatoms. The van der Waals surface area contributed by atoms with Gasteiger partial charge in [0.15, 0.2) is 5.82 Å². The van der Waals surface area contributed by atoms with E-state index in [-0.39, 0.29) is 35.6 Å². The standard InChI is InChI=1S/C33H33N5O4Si/c1-33(2,3)43(25-13-7-4-8-14-25,26-15-9-5-10-16-26)42-24-17-18-29-27(21-24)36-32(39)38-30-23-35-28(22-34)31(37-30)41-20-12-6-11-19-40-29/h4-11,13-18,21,23H,12,19-20H2,1-3H3,(H2,36,37,38,39)/b11-6-. The first-order valence-corrected chi connectivity index (χ1v) is 15.9. The van der Waals surface area contributed by atoms with Gasteiger partial charge in [-0.15, -0.1) is 0 Å². The van der Waals surface area contributed by atoms with E-state index in [1.807, 2.05) is 60.7 Å². The van der Waals surface area contributed by atoms with Crippen LogP contribution >= 0.6 is 0 Å². The molecule has 0 saturated carbocycles. The lowest BCUT2D eigenvalue weighted by atomic mass is 10.2. The van der Waals surface area contributed by atoms with Crippen LogP contribution in [0, 0.1) is 11.3 Å². The zero-order valence-corrected chi connectivity index (χ0v) is 25.3. The molecule has 3 aromatic carbocycles. The monoisotopic (exact) mass is 591 g/mol. The SMILES string of the molecule is CC(C)(C)[Si](Oc1ccc2c(c1)NC(=O)Nc1cnc(C#N)c(n1)OCC/C=C\CO2)(c1ccccc1)c1ccccc1. The van der Waals surface area contributed by atoms with Crippen LogP contribution < -0.4 is 34.9 Å². The first-order chi connectivity index (χ1) is 20.8. The number of benzene rings is 3. The first kappa shape index (κ1) is 29.4. The van der Waals surface area contributed by atoms with Crippen LogP contribution in [0.4, 0.5) is 16.3 Å². The van der Waals surface area contributed by atoms with Gasteiger partial charge in [0.2, 0.25) is 5.69 Å². The van der Waals surface area contributed by atoms with Crippen molar-refractivity contribution in [3.8, 4) is 23.4 Å². The fourth-order valence-electron chi connectivity index (χ4n) is 5.05. The van der Waals surface area contributed by atoms with E-state index in [4.69, 9.17) is 13.9 Å². The number of nitrogens with zero attached hydrogens (tertiary/aromatic N) is 3. The Morgan fingerprint density at radius 2 is 1.63 bits per heavy atom. The summed E-state index contributed by atoms with van der Waals surface area (Å²) in [5.74, 6) is 1.27. The molecule has 2 N–H and O–H groups in total. The number of carbonyl (C=O) groups excluding carboxylic acids is 1. The van der Waals surface area contributed by atoms with E-state index >= 15 is 0 Å². The number of hydrogen-bond donors (Lipinski definition) is 2. The van der Waals surface area contributed by atoms with E-state index < -0.39 is 14.3 Å². The van der Waals surface area contributed by atoms with Gasteiger partial charge in [0.25, 0.3) is 5.88 Å². The largest absolute Gasteiger partial charge is 0.534 e. The number of carbonyl (C=O) groups is 1. The molecule has 2 amide bonds. The van der Waals surface area contributed by atoms with Crippen LogP contribution in [0.5, 0.6) is 17.4 Å². The number of nitrogens with one attached hydrogen (secondary N) is 2. The maximum absolute atomic E-state index is 13.1. The summed E-state index contributed by atoms with van der Waals surface area (Å²) in [5, 5.41) is 16.9. The molecule has 4 aromatic rings. The molecule has 0 atom stereocenters. The smallest absolute Gasteiger partial charge is 0.325 e. The number of nitriles is 1. The number of urea groups is 1. The Balaban J connectivity index is 1.54. The zero-order valence-electron chi connectivity index (χ0n) is 24.3. The minimum Gasteiger partial charge on any atom is -0.534 e. The number of ether oxygens (including phenoxy) is 2. The third kappa shape index (κ3) is 6.52. The lowest BCUT2D eigenvalue weighted by Gasteiger charge is -2.43. The molecule has 0 spiro atoms. The summed E-state index contributed by atoms with van der Waals surface area (Å²) in [5.41, 5.74) is 0.465. The Labute approximate surface area is 252 Å². The van der Waals surface area contributed by atoms with Crippen molar-refractivity contribution < 1.29 is 18.7 Å². The summed E-state index contributed by atoms with van der Waals surface area (Å²) < 4.78 is 18.8. The third-order valence-corrected chi connectivity index (χ3v) is 11.9. The van der Waals surface area contributed by atoms with Crippen LogP contribution in [-0.4, -0.2) is 37.5 Å². The number of fused-ring (bicyclic) bond motifs is 3. The summed E-state index contributed by atoms with van der Waals surface area (Å²) in [4.78, 5) is 21.5. The molecule has 0 fully saturated rings. The minimum absolute atomic E-state index is 0.0399. The van der Waals surface area contributed by atoms with Crippen LogP contribution in [-0.2, 0) is 0 Å². The molecule has 2 heterocycles. The van der Waals surface area contributed by atoms with E-state index in [9.17, 15) is 10.1 Å². The fourth-order valence-corrected chi connectivity index (χ4v) is 9.46. The quantitative estimate of drug-likeness (QED) is 0.233. The predicted octanol–water partition coefficient (Wildman–Crippen LogP) is 5.65. The number of rotatable bonds is 4. The third-order valence-electron chi connectivity index (χ3n) is 7.00. The topological polar surface area (TPSA) is 118 Å². The molecule has 0 unspecified atom stereocenters. The molecular formula is C33H33N5O4Si. The van der Waals surface area contributed by atoms with Gasteiger partial charge >= 0.3 is 14.3 Å². The highest BCUT2D eigenvalue weighted by atomic mass is 28.4. The molecule has 5 rings (SSSR count). The van der Waals surface area contributed by atoms with Crippen molar-refractivity contribution in [1.82, 2.24) is 9.97 Å². The molecule has 0 saturated heterocycles. The summed E-state index contributed by atoms with van der Waals surface area (Å²) >= 11 is 0. The van der Waals surface area contributed by atoms with Gasteiger partial charge in [0, 0.05) is 6.07 Å². The molecule has 0 radical (unpaired) electrons. The van der Waals surface area contributed by atoms with Gasteiger partial charge in [-0.3, -0.25) is 5.32 Å². The lowest BCUT2D eigenvalue weighted by Crippen LogP contribution is -2.68. The summed E-state index contributed by atoms with van der Waals surface area (Å²) in [6.45, 7) is 7.19. The number of hydrogen-bond acceptors (Lipinski definition) is 7. The van der Waals surface area contributed by atoms with Gasteiger partial charge in [-0.25, -0.2) is 9.78 Å². The van der Waals surface area contributed by atoms with Gasteiger partial charge in [-0.1, -0.05) is 93.6 Å². The highest BCUT2D eigenvalue weighted by molar-refractivity contribution is 7.00. The Bertz CT molecular complexity index is 1610. The Morgan fingerprint density at radius 3 is 2.28 bits per heavy atom. The maximum atomic E-state index is 13.1. The first-order valence-electron chi connectivity index (χ1n) is 14.0. The molecule has 43 heavy (non-hydrogen) atoms. The van der Waals surface area contributed by atoms with E-state index in [1.165, 1.54) is 6.20 Å². The molecule has 1 aromatic heterocycles. The second-order valence-corrected chi connectivity index (χ2v) is 15.2. The van der Waals surface area contributed by atoms with Crippen LogP contribution in [0.1, 0.15) is 32.9 Å². The highest BCUT2D eigenvalue weighted by Crippen LogP contribution is 2.39. The van der Waals surface area contributed by atoms with E-state index in [0.717, 1.165) is 10.4 Å². The fraction of sp³-hybridized carbons (Fsp3) is 0.212. The Hall–Kier alpha value is -5.14. The van der Waals surface area contributed by atoms with Crippen LogP contribution in [0.15, 0.2) is 97.2 Å². The minimum atomic E-state index is -2.91. The Morgan fingerprint density at radius 1 is 0.930 bits per heavy atom. The summed E-state index contributed by atoms with van der Waals surface area (Å²) in [6.07, 6.45) is 5.67. The summed E-state index contributed by atoms with van der Waals surface area (Å²) in [6, 6.07) is 27.5. The van der Waals surface area contributed by atoms with Crippen molar-refractivity contribution in [2.45, 2.75) is 32.2 Å². The molecule has 1 aliphatic rings. The van der Waals surface area contributed by atoms with Gasteiger partial charge in [0.1, 0.15) is 24.2 Å². The van der Waals surface area contributed by atoms with Crippen molar-refractivity contribution in [3.63, 3.8) is 0 Å². The maximum Gasteiger partial charge on any atom is 0.325 e. The number of aromatic nitrogens is 2. The van der Waals surface area contributed by atoms with Crippen molar-refractivity contribution in [2.24, 2.45) is 0 Å². The van der Waals surface area contributed by atoms with Crippen molar-refractivity contribution in [3.05, 3.63) is 103 Å². The van der Waals surface area contributed by atoms with Gasteiger partial charge in [-0.2, -0.15) is 10.2 Å². The normalized spacial score (nSPS) is 14.6. The molecule has 1 aliphatic heterocycles. The number of anilines is 2. The Kier molecular flexibility index (Phi) is 8.73. The second-order valence-electron chi connectivity index (χ2n) is 10.9. The zero-order chi connectivity index (χ0) is 30.3. The number of amides is 2. The van der Waals surface area contributed by atoms with Crippen LogP contribution in [0.25, 0.3) is 0 Å². The van der Waals surface area contributed by atoms with Crippen molar-refractivity contribution >= 4 is 36.2 Å². The molecule has 0 aliphatic carbocycles. The lowest BCUT2D eigenvalue weighted by molar-refractivity contribution is 0.262. The van der Waals surface area contributed by atoms with Crippen LogP contribution in [0.2, 0.25) is 5.04 Å². The highest BCUT2D eigenvalue weighted by Gasteiger charge is 2.52. The average Bonchev–Trinajstić information content (AvgIpc) is 3.00. The average molecular weight is 592 g/mol. The van der Waals surface area contributed by atoms with Crippen molar-refractivity contribution in [2.75, 3.05) is 23.8 Å². The van der Waals surface area contributed by atoms with Crippen LogP contribution in [0.3, 0.4) is 0 Å². The molecule has 2 bridgehead atoms. The molecule has 9 nitrogen and oxygen atoms in total. The van der Waals surface area contributed by atoms with Gasteiger partial charge in [0.05, 0.1) is 18.5 Å². The molecule has 218 valence electrons. The summed E-state index contributed by atoms with van der Waals surface area (Å²) in [7, 11) is -2.91. The second kappa shape index (κ2) is 12.8. The van der Waals surface area contributed by atoms with Gasteiger partial charge in [-0.05, 0) is 34.0 Å². The van der Waals surface area contributed by atoms with Crippen molar-refractivity contribution in [1.29, 1.82) is 5.26 Å². The van der Waals surface area contributed by atoms with Gasteiger partial charge < -0.3 is 19.2 Å².